The average Bonchev–Trinajstić information content (AvgIpc) is 3.77. The Morgan fingerprint density at radius 2 is 1.77 bits per heavy atom. The molecule has 1 aliphatic rings. The molecule has 0 radical (unpaired) electrons. The summed E-state index contributed by atoms with van der Waals surface area (Å²) in [7, 11) is 0. The van der Waals surface area contributed by atoms with Crippen LogP contribution in [-0.4, -0.2) is 27.0 Å². The number of ketones is 1. The summed E-state index contributed by atoms with van der Waals surface area (Å²) in [5.41, 5.74) is 3.69. The highest BCUT2D eigenvalue weighted by Crippen LogP contribution is 2.45. The Morgan fingerprint density at radius 1 is 1.00 bits per heavy atom. The van der Waals surface area contributed by atoms with E-state index in [2.05, 4.69) is 10.2 Å². The number of Topliss-reactive ketones (excluding diaryl/α,β-unsaturated/α-hetero) is 1. The van der Waals surface area contributed by atoms with Gasteiger partial charge in [-0.3, -0.25) is 14.5 Å². The van der Waals surface area contributed by atoms with Gasteiger partial charge in [0.1, 0.15) is 24.2 Å². The van der Waals surface area contributed by atoms with E-state index >= 15 is 0 Å². The Labute approximate surface area is 265 Å². The van der Waals surface area contributed by atoms with Crippen molar-refractivity contribution in [3.8, 4) is 5.75 Å². The van der Waals surface area contributed by atoms with Crippen molar-refractivity contribution in [1.82, 2.24) is 10.2 Å². The third-order valence-corrected chi connectivity index (χ3v) is 10.2. The molecule has 7 nitrogen and oxygen atoms in total. The lowest BCUT2D eigenvalue weighted by Gasteiger charge is -2.20. The van der Waals surface area contributed by atoms with Crippen LogP contribution in [0.3, 0.4) is 0 Å². The van der Waals surface area contributed by atoms with Gasteiger partial charge in [-0.1, -0.05) is 77.2 Å². The van der Waals surface area contributed by atoms with E-state index in [1.165, 1.54) is 39.3 Å². The Bertz CT molecular complexity index is 1800. The molecule has 6 rings (SSSR count). The normalized spacial score (nSPS) is 16.1. The number of ether oxygens (including phenoxy) is 1. The number of nitrogens with zero attached hydrogens (tertiary/aromatic N) is 3. The summed E-state index contributed by atoms with van der Waals surface area (Å²) in [5, 5.41) is 22.8. The molecule has 2 aromatic heterocycles. The number of thioether (sulfide) groups is 1. The van der Waals surface area contributed by atoms with E-state index in [4.69, 9.17) is 16.3 Å². The van der Waals surface area contributed by atoms with Gasteiger partial charge in [-0.25, -0.2) is 0 Å². The van der Waals surface area contributed by atoms with Crippen molar-refractivity contribution in [1.29, 1.82) is 0 Å². The summed E-state index contributed by atoms with van der Waals surface area (Å²) in [6.45, 7) is 2.44. The smallest absolute Gasteiger partial charge is 0.301 e. The molecule has 0 bridgehead atoms. The van der Waals surface area contributed by atoms with Crippen molar-refractivity contribution in [3.63, 3.8) is 0 Å². The van der Waals surface area contributed by atoms with Gasteiger partial charge in [0.25, 0.3) is 5.78 Å². The number of anilines is 1. The maximum atomic E-state index is 13.4. The summed E-state index contributed by atoms with van der Waals surface area (Å²) in [6, 6.07) is 25.2. The van der Waals surface area contributed by atoms with E-state index in [9.17, 15) is 14.7 Å². The van der Waals surface area contributed by atoms with Crippen molar-refractivity contribution in [3.05, 3.63) is 128 Å². The Morgan fingerprint density at radius 3 is 2.49 bits per heavy atom. The lowest BCUT2D eigenvalue weighted by Crippen LogP contribution is -2.29. The summed E-state index contributed by atoms with van der Waals surface area (Å²) >= 11 is 10.1. The molecule has 3 heterocycles. The van der Waals surface area contributed by atoms with Crippen molar-refractivity contribution in [2.45, 2.75) is 29.7 Å². The van der Waals surface area contributed by atoms with Crippen LogP contribution in [0.25, 0.3) is 5.76 Å². The monoisotopic (exact) mass is 645 g/mol. The molecular formula is C32H24ClN3O4S3. The first-order valence-corrected chi connectivity index (χ1v) is 16.3. The predicted molar refractivity (Wildman–Crippen MR) is 172 cm³/mol. The third-order valence-electron chi connectivity index (χ3n) is 6.92. The second-order valence-corrected chi connectivity index (χ2v) is 13.3. The van der Waals surface area contributed by atoms with Gasteiger partial charge in [-0.2, -0.15) is 0 Å². The molecule has 43 heavy (non-hydrogen) atoms. The second-order valence-electron chi connectivity index (χ2n) is 9.69. The number of aryl methyl sites for hydroxylation is 1. The van der Waals surface area contributed by atoms with Crippen molar-refractivity contribution in [2.24, 2.45) is 0 Å². The minimum Gasteiger partial charge on any atom is -0.507 e. The van der Waals surface area contributed by atoms with Crippen LogP contribution in [0, 0.1) is 6.92 Å². The zero-order chi connectivity index (χ0) is 29.9. The fourth-order valence-electron chi connectivity index (χ4n) is 4.63. The summed E-state index contributed by atoms with van der Waals surface area (Å²) in [6.07, 6.45) is 0. The maximum Gasteiger partial charge on any atom is 0.301 e. The number of thiophene rings is 1. The zero-order valence-corrected chi connectivity index (χ0v) is 26.0. The molecule has 1 amide bonds. The molecule has 1 atom stereocenters. The molecule has 0 aliphatic carbocycles. The van der Waals surface area contributed by atoms with Gasteiger partial charge in [0, 0.05) is 21.2 Å². The molecule has 3 aromatic carbocycles. The second kappa shape index (κ2) is 12.7. The quantitative estimate of drug-likeness (QED) is 0.0570. The van der Waals surface area contributed by atoms with Crippen LogP contribution in [0.1, 0.15) is 33.2 Å². The highest BCUT2D eigenvalue weighted by Gasteiger charge is 2.48. The molecule has 0 spiro atoms. The summed E-state index contributed by atoms with van der Waals surface area (Å²) in [4.78, 5) is 28.9. The molecule has 5 aromatic rings. The first-order chi connectivity index (χ1) is 20.9. The topological polar surface area (TPSA) is 92.6 Å². The van der Waals surface area contributed by atoms with E-state index in [1.54, 1.807) is 24.3 Å². The van der Waals surface area contributed by atoms with Gasteiger partial charge in [0.05, 0.1) is 5.57 Å². The van der Waals surface area contributed by atoms with E-state index < -0.39 is 17.7 Å². The van der Waals surface area contributed by atoms with E-state index in [-0.39, 0.29) is 16.5 Å². The van der Waals surface area contributed by atoms with Gasteiger partial charge >= 0.3 is 5.91 Å². The van der Waals surface area contributed by atoms with Crippen LogP contribution >= 0.6 is 46.0 Å². The Balaban J connectivity index is 1.26. The highest BCUT2D eigenvalue weighted by molar-refractivity contribution is 8.00. The maximum absolute atomic E-state index is 13.4. The fraction of sp³-hybridized carbons (Fsp3) is 0.125. The van der Waals surface area contributed by atoms with Crippen LogP contribution in [0.15, 0.2) is 100 Å². The SMILES string of the molecule is Cc1ccccc1COc1ccc(/C(O)=C2\C(=O)C(=O)N(c3nnc(SCc4ccc(Cl)cc4)s3)C2c2cccs2)cc1. The first kappa shape index (κ1) is 29.1. The molecular weight excluding hydrogens is 622 g/mol. The lowest BCUT2D eigenvalue weighted by molar-refractivity contribution is -0.132. The number of benzene rings is 3. The average molecular weight is 646 g/mol. The zero-order valence-electron chi connectivity index (χ0n) is 22.8. The van der Waals surface area contributed by atoms with E-state index in [0.717, 1.165) is 21.6 Å². The number of amides is 1. The van der Waals surface area contributed by atoms with Gasteiger partial charge in [-0.15, -0.1) is 21.5 Å². The van der Waals surface area contributed by atoms with Crippen molar-refractivity contribution in [2.75, 3.05) is 4.90 Å². The molecule has 0 saturated carbocycles. The van der Waals surface area contributed by atoms with Crippen LogP contribution in [-0.2, 0) is 21.9 Å². The predicted octanol–water partition coefficient (Wildman–Crippen LogP) is 8.06. The number of halogens is 1. The molecule has 1 fully saturated rings. The minimum absolute atomic E-state index is 0.00611. The number of hydrogen-bond donors (Lipinski definition) is 1. The van der Waals surface area contributed by atoms with Crippen LogP contribution in [0.4, 0.5) is 5.13 Å². The number of aliphatic hydroxyl groups is 1. The third kappa shape index (κ3) is 6.23. The molecule has 1 aliphatic heterocycles. The van der Waals surface area contributed by atoms with Gasteiger partial charge < -0.3 is 9.84 Å². The highest BCUT2D eigenvalue weighted by atomic mass is 35.5. The van der Waals surface area contributed by atoms with Crippen LogP contribution in [0.2, 0.25) is 5.02 Å². The molecule has 11 heteroatoms. The molecule has 216 valence electrons. The number of hydrogen-bond acceptors (Lipinski definition) is 9. The number of carbonyl (C=O) groups is 2. The number of aliphatic hydroxyl groups excluding tert-OH is 1. The van der Waals surface area contributed by atoms with E-state index in [0.29, 0.717) is 33.0 Å². The summed E-state index contributed by atoms with van der Waals surface area (Å²) < 4.78 is 6.59. The number of rotatable bonds is 9. The first-order valence-electron chi connectivity index (χ1n) is 13.2. The molecule has 1 N–H and O–H groups in total. The number of aromatic nitrogens is 2. The molecule has 1 unspecified atom stereocenters. The number of carbonyl (C=O) groups excluding carboxylic acids is 2. The summed E-state index contributed by atoms with van der Waals surface area (Å²) in [5.74, 6) is -0.534. The largest absolute Gasteiger partial charge is 0.507 e. The van der Waals surface area contributed by atoms with Gasteiger partial charge in [0.15, 0.2) is 4.34 Å². The Kier molecular flexibility index (Phi) is 8.62. The van der Waals surface area contributed by atoms with Crippen LogP contribution in [0.5, 0.6) is 5.75 Å². The Hall–Kier alpha value is -3.96. The van der Waals surface area contributed by atoms with Gasteiger partial charge in [0.2, 0.25) is 5.13 Å². The fourth-order valence-corrected chi connectivity index (χ4v) is 7.40. The van der Waals surface area contributed by atoms with Crippen LogP contribution < -0.4 is 9.64 Å². The standard InChI is InChI=1S/C32H24ClN3O4S3/c1-19-5-2-3-6-22(19)17-40-24-14-10-21(11-15-24)28(37)26-27(25-7-4-16-41-25)36(30(39)29(26)38)31-34-35-32(43-31)42-18-20-8-12-23(33)13-9-20/h2-16,27,37H,17-18H2,1H3/b28-26+. The lowest BCUT2D eigenvalue weighted by atomic mass is 10.00. The molecule has 1 saturated heterocycles. The van der Waals surface area contributed by atoms with Gasteiger partial charge in [-0.05, 0) is 71.5 Å². The minimum atomic E-state index is -0.834. The van der Waals surface area contributed by atoms with Crippen molar-refractivity contribution >= 4 is 68.6 Å². The van der Waals surface area contributed by atoms with E-state index in [1.807, 2.05) is 73.0 Å². The van der Waals surface area contributed by atoms with Crippen molar-refractivity contribution < 1.29 is 19.4 Å².